The van der Waals surface area contributed by atoms with Crippen molar-refractivity contribution < 1.29 is 9.53 Å². The molecule has 1 saturated heterocycles. The van der Waals surface area contributed by atoms with Gasteiger partial charge < -0.3 is 15.0 Å². The molecule has 3 heterocycles. The molecule has 7 nitrogen and oxygen atoms in total. The molecule has 2 aromatic heterocycles. The molecule has 1 fully saturated rings. The van der Waals surface area contributed by atoms with Gasteiger partial charge in [-0.15, -0.1) is 11.3 Å². The lowest BCUT2D eigenvalue weighted by atomic mass is 10.1. The van der Waals surface area contributed by atoms with Gasteiger partial charge in [-0.3, -0.25) is 14.2 Å². The number of aromatic nitrogens is 2. The molecular weight excluding hydrogens is 402 g/mol. The van der Waals surface area contributed by atoms with Crippen LogP contribution in [0, 0.1) is 0 Å². The van der Waals surface area contributed by atoms with Gasteiger partial charge in [-0.2, -0.15) is 0 Å². The number of carbonyl (C=O) groups excluding carboxylic acids is 1. The molecule has 1 amide bonds. The first-order chi connectivity index (χ1) is 13.5. The Bertz CT molecular complexity index is 1180. The Hall–Kier alpha value is -2.58. The fourth-order valence-corrected chi connectivity index (χ4v) is 4.83. The second kappa shape index (κ2) is 7.44. The third-order valence-electron chi connectivity index (χ3n) is 4.87. The third kappa shape index (κ3) is 3.33. The molecule has 4 rings (SSSR count). The Morgan fingerprint density at radius 3 is 2.86 bits per heavy atom. The van der Waals surface area contributed by atoms with Crippen molar-refractivity contribution in [1.29, 1.82) is 0 Å². The molecule has 0 unspecified atom stereocenters. The van der Waals surface area contributed by atoms with E-state index in [1.807, 2.05) is 0 Å². The summed E-state index contributed by atoms with van der Waals surface area (Å²) in [6.45, 7) is 0.557. The van der Waals surface area contributed by atoms with Crippen LogP contribution in [-0.4, -0.2) is 29.1 Å². The predicted octanol–water partition coefficient (Wildman–Crippen LogP) is 2.92. The van der Waals surface area contributed by atoms with Crippen molar-refractivity contribution in [2.45, 2.75) is 25.3 Å². The number of fused-ring (bicyclic) bond motifs is 1. The first-order valence-electron chi connectivity index (χ1n) is 8.87. The lowest BCUT2D eigenvalue weighted by molar-refractivity contribution is -0.121. The number of amides is 1. The molecule has 0 aliphatic carbocycles. The summed E-state index contributed by atoms with van der Waals surface area (Å²) in [7, 11) is 1.57. The summed E-state index contributed by atoms with van der Waals surface area (Å²) in [5.74, 6) is 0.496. The lowest BCUT2D eigenvalue weighted by Crippen LogP contribution is -2.38. The zero-order valence-corrected chi connectivity index (χ0v) is 16.7. The number of nitrogens with zero attached hydrogens (tertiary/aromatic N) is 1. The second-order valence-corrected chi connectivity index (χ2v) is 8.11. The molecule has 1 aliphatic rings. The zero-order chi connectivity index (χ0) is 19.8. The number of hydrogen-bond acceptors (Lipinski definition) is 5. The van der Waals surface area contributed by atoms with Crippen LogP contribution in [-0.2, 0) is 4.79 Å². The molecule has 1 atom stereocenters. The maximum Gasteiger partial charge on any atom is 0.329 e. The van der Waals surface area contributed by atoms with Crippen molar-refractivity contribution in [3.63, 3.8) is 0 Å². The fraction of sp³-hybridized carbons (Fsp3) is 0.316. The fourth-order valence-electron chi connectivity index (χ4n) is 3.48. The number of benzene rings is 1. The maximum atomic E-state index is 13.1. The van der Waals surface area contributed by atoms with Crippen molar-refractivity contribution in [2.75, 3.05) is 13.7 Å². The van der Waals surface area contributed by atoms with Crippen LogP contribution in [0.1, 0.15) is 25.3 Å². The van der Waals surface area contributed by atoms with E-state index in [2.05, 4.69) is 10.3 Å². The van der Waals surface area contributed by atoms with E-state index in [0.29, 0.717) is 34.0 Å². The van der Waals surface area contributed by atoms with Crippen LogP contribution in [0.2, 0.25) is 5.02 Å². The average Bonchev–Trinajstić information content (AvgIpc) is 2.97. The number of ether oxygens (including phenoxy) is 1. The smallest absolute Gasteiger partial charge is 0.329 e. The van der Waals surface area contributed by atoms with Crippen molar-refractivity contribution in [2.24, 2.45) is 0 Å². The average molecular weight is 420 g/mol. The molecule has 2 N–H and O–H groups in total. The number of carbonyl (C=O) groups is 1. The van der Waals surface area contributed by atoms with Crippen LogP contribution in [0.5, 0.6) is 5.75 Å². The van der Waals surface area contributed by atoms with Crippen LogP contribution >= 0.6 is 22.9 Å². The molecule has 0 bridgehead atoms. The standard InChI is InChI=1S/C19H18ClN3O4S/c1-27-11-4-5-13(20)12(8-11)15-9-14-17(28-15)18(25)23(19(26)22-14)10-3-2-6-21-16(24)7-10/h4-5,8-10H,2-3,6-7H2,1H3,(H,21,24)(H,22,26)/t10-/m1/s1. The first-order valence-corrected chi connectivity index (χ1v) is 10.1. The third-order valence-corrected chi connectivity index (χ3v) is 6.35. The summed E-state index contributed by atoms with van der Waals surface area (Å²) in [4.78, 5) is 41.1. The Labute approximate surface area is 168 Å². The van der Waals surface area contributed by atoms with Crippen molar-refractivity contribution in [3.05, 3.63) is 50.1 Å². The summed E-state index contributed by atoms with van der Waals surface area (Å²) in [6, 6.07) is 6.57. The highest BCUT2D eigenvalue weighted by Crippen LogP contribution is 2.37. The van der Waals surface area contributed by atoms with Crippen molar-refractivity contribution in [3.8, 4) is 16.2 Å². The Kier molecular flexibility index (Phi) is 4.99. The van der Waals surface area contributed by atoms with Gasteiger partial charge in [0.25, 0.3) is 5.56 Å². The SMILES string of the molecule is COc1ccc(Cl)c(-c2cc3[nH]c(=O)n([C@@H]4CCCNC(=O)C4)c(=O)c3s2)c1. The number of hydrogen-bond donors (Lipinski definition) is 2. The molecule has 0 radical (unpaired) electrons. The summed E-state index contributed by atoms with van der Waals surface area (Å²) >= 11 is 7.58. The van der Waals surface area contributed by atoms with Gasteiger partial charge in [-0.1, -0.05) is 11.6 Å². The van der Waals surface area contributed by atoms with Crippen molar-refractivity contribution in [1.82, 2.24) is 14.9 Å². The summed E-state index contributed by atoms with van der Waals surface area (Å²) in [6.07, 6.45) is 1.43. The van der Waals surface area contributed by atoms with Gasteiger partial charge in [-0.05, 0) is 37.1 Å². The van der Waals surface area contributed by atoms with Gasteiger partial charge in [0.15, 0.2) is 0 Å². The zero-order valence-electron chi connectivity index (χ0n) is 15.1. The maximum absolute atomic E-state index is 13.1. The lowest BCUT2D eigenvalue weighted by Gasteiger charge is -2.14. The van der Waals surface area contributed by atoms with Crippen molar-refractivity contribution >= 4 is 39.1 Å². The largest absolute Gasteiger partial charge is 0.497 e. The summed E-state index contributed by atoms with van der Waals surface area (Å²) in [5, 5.41) is 3.30. The molecular formula is C19H18ClN3O4S. The number of H-pyrrole nitrogens is 1. The highest BCUT2D eigenvalue weighted by molar-refractivity contribution is 7.22. The van der Waals surface area contributed by atoms with Gasteiger partial charge in [0.05, 0.1) is 18.7 Å². The highest BCUT2D eigenvalue weighted by atomic mass is 35.5. The molecule has 28 heavy (non-hydrogen) atoms. The van der Waals surface area contributed by atoms with E-state index in [1.54, 1.807) is 31.4 Å². The van der Waals surface area contributed by atoms with Crippen LogP contribution in [0.3, 0.4) is 0 Å². The molecule has 1 aliphatic heterocycles. The molecule has 9 heteroatoms. The molecule has 1 aromatic carbocycles. The van der Waals surface area contributed by atoms with Crippen LogP contribution < -0.4 is 21.3 Å². The van der Waals surface area contributed by atoms with E-state index in [1.165, 1.54) is 15.9 Å². The monoisotopic (exact) mass is 419 g/mol. The van der Waals surface area contributed by atoms with E-state index in [-0.39, 0.29) is 17.9 Å². The molecule has 3 aromatic rings. The highest BCUT2D eigenvalue weighted by Gasteiger charge is 2.24. The number of aromatic amines is 1. The normalized spacial score (nSPS) is 17.4. The number of rotatable bonds is 3. The summed E-state index contributed by atoms with van der Waals surface area (Å²) < 4.78 is 6.86. The summed E-state index contributed by atoms with van der Waals surface area (Å²) in [5.41, 5.74) is 0.304. The molecule has 0 spiro atoms. The second-order valence-electron chi connectivity index (χ2n) is 6.65. The van der Waals surface area contributed by atoms with Gasteiger partial charge in [-0.25, -0.2) is 4.79 Å². The van der Waals surface area contributed by atoms with E-state index in [4.69, 9.17) is 16.3 Å². The van der Waals surface area contributed by atoms with E-state index in [9.17, 15) is 14.4 Å². The minimum absolute atomic E-state index is 0.119. The van der Waals surface area contributed by atoms with Crippen LogP contribution in [0.15, 0.2) is 33.9 Å². The first kappa shape index (κ1) is 18.8. The minimum atomic E-state index is -0.502. The minimum Gasteiger partial charge on any atom is -0.497 e. The van der Waals surface area contributed by atoms with Crippen LogP contribution in [0.4, 0.5) is 0 Å². The van der Waals surface area contributed by atoms with E-state index < -0.39 is 11.7 Å². The number of halogens is 1. The van der Waals surface area contributed by atoms with Gasteiger partial charge in [0, 0.05) is 28.4 Å². The van der Waals surface area contributed by atoms with Gasteiger partial charge in [0.2, 0.25) is 5.91 Å². The molecule has 0 saturated carbocycles. The Morgan fingerprint density at radius 2 is 2.07 bits per heavy atom. The number of methoxy groups -OCH3 is 1. The number of nitrogens with one attached hydrogen (secondary N) is 2. The Balaban J connectivity index is 1.85. The molecule has 146 valence electrons. The van der Waals surface area contributed by atoms with E-state index >= 15 is 0 Å². The van der Waals surface area contributed by atoms with Gasteiger partial charge in [0.1, 0.15) is 10.4 Å². The predicted molar refractivity (Wildman–Crippen MR) is 110 cm³/mol. The van der Waals surface area contributed by atoms with E-state index in [0.717, 1.165) is 16.9 Å². The quantitative estimate of drug-likeness (QED) is 0.682. The van der Waals surface area contributed by atoms with Gasteiger partial charge >= 0.3 is 5.69 Å². The van der Waals surface area contributed by atoms with Crippen LogP contribution in [0.25, 0.3) is 20.7 Å². The Morgan fingerprint density at radius 1 is 1.25 bits per heavy atom. The number of thiophene rings is 1. The topological polar surface area (TPSA) is 93.2 Å².